The predicted octanol–water partition coefficient (Wildman–Crippen LogP) is 3.78. The van der Waals surface area contributed by atoms with Crippen LogP contribution in [0.15, 0.2) is 35.1 Å². The molecular formula is C10H6BrClFN3. The molecule has 3 nitrogen and oxygen atoms in total. The van der Waals surface area contributed by atoms with Crippen LogP contribution < -0.4 is 5.32 Å². The summed E-state index contributed by atoms with van der Waals surface area (Å²) >= 11 is 9.14. The fraction of sp³-hybridized carbons (Fsp3) is 0. The number of halogens is 3. The first-order chi connectivity index (χ1) is 7.65. The van der Waals surface area contributed by atoms with E-state index in [0.717, 1.165) is 16.5 Å². The van der Waals surface area contributed by atoms with Crippen molar-refractivity contribution in [3.05, 3.63) is 46.0 Å². The highest BCUT2D eigenvalue weighted by molar-refractivity contribution is 9.10. The SMILES string of the molecule is Fc1cc(Nc2ccc(Cl)c(Br)c2)ncn1. The molecule has 0 aliphatic heterocycles. The van der Waals surface area contributed by atoms with Crippen molar-refractivity contribution in [2.45, 2.75) is 0 Å². The minimum Gasteiger partial charge on any atom is -0.340 e. The Morgan fingerprint density at radius 1 is 1.25 bits per heavy atom. The molecule has 0 amide bonds. The average molecular weight is 303 g/mol. The first kappa shape index (κ1) is 11.3. The largest absolute Gasteiger partial charge is 0.340 e. The van der Waals surface area contributed by atoms with Crippen LogP contribution >= 0.6 is 27.5 Å². The smallest absolute Gasteiger partial charge is 0.218 e. The molecule has 1 aromatic heterocycles. The third kappa shape index (κ3) is 2.68. The Bertz CT molecular complexity index is 521. The first-order valence-electron chi connectivity index (χ1n) is 4.35. The summed E-state index contributed by atoms with van der Waals surface area (Å²) in [6.07, 6.45) is 1.16. The van der Waals surface area contributed by atoms with E-state index in [0.29, 0.717) is 10.8 Å². The van der Waals surface area contributed by atoms with Gasteiger partial charge in [-0.1, -0.05) is 11.6 Å². The van der Waals surface area contributed by atoms with Gasteiger partial charge in [-0.15, -0.1) is 0 Å². The molecule has 0 atom stereocenters. The molecule has 1 aromatic carbocycles. The molecule has 0 spiro atoms. The van der Waals surface area contributed by atoms with Crippen molar-refractivity contribution in [2.75, 3.05) is 5.32 Å². The third-order valence-corrected chi connectivity index (χ3v) is 3.04. The maximum absolute atomic E-state index is 12.8. The molecule has 0 unspecified atom stereocenters. The Balaban J connectivity index is 2.24. The molecule has 16 heavy (non-hydrogen) atoms. The summed E-state index contributed by atoms with van der Waals surface area (Å²) in [7, 11) is 0. The monoisotopic (exact) mass is 301 g/mol. The van der Waals surface area contributed by atoms with E-state index in [2.05, 4.69) is 31.2 Å². The molecule has 1 heterocycles. The Kier molecular flexibility index (Phi) is 3.36. The molecule has 0 fully saturated rings. The molecule has 0 bridgehead atoms. The Morgan fingerprint density at radius 3 is 2.75 bits per heavy atom. The van der Waals surface area contributed by atoms with Crippen molar-refractivity contribution in [3.8, 4) is 0 Å². The highest BCUT2D eigenvalue weighted by Gasteiger charge is 2.01. The van der Waals surface area contributed by atoms with Crippen molar-refractivity contribution in [2.24, 2.45) is 0 Å². The summed E-state index contributed by atoms with van der Waals surface area (Å²) in [6.45, 7) is 0. The highest BCUT2D eigenvalue weighted by Crippen LogP contribution is 2.26. The molecule has 1 N–H and O–H groups in total. The van der Waals surface area contributed by atoms with E-state index in [-0.39, 0.29) is 0 Å². The Labute approximate surface area is 105 Å². The van der Waals surface area contributed by atoms with Gasteiger partial charge in [-0.25, -0.2) is 9.97 Å². The summed E-state index contributed by atoms with van der Waals surface area (Å²) in [5.41, 5.74) is 0.759. The zero-order valence-electron chi connectivity index (χ0n) is 7.92. The lowest BCUT2D eigenvalue weighted by molar-refractivity contribution is 0.580. The molecule has 0 saturated heterocycles. The summed E-state index contributed by atoms with van der Waals surface area (Å²) in [4.78, 5) is 7.24. The second kappa shape index (κ2) is 4.76. The summed E-state index contributed by atoms with van der Waals surface area (Å²) in [5, 5.41) is 3.54. The van der Waals surface area contributed by atoms with Gasteiger partial charge in [0.2, 0.25) is 5.95 Å². The maximum atomic E-state index is 12.8. The predicted molar refractivity (Wildman–Crippen MR) is 64.4 cm³/mol. The van der Waals surface area contributed by atoms with E-state index in [4.69, 9.17) is 11.6 Å². The summed E-state index contributed by atoms with van der Waals surface area (Å²) < 4.78 is 13.5. The molecule has 82 valence electrons. The van der Waals surface area contributed by atoms with Crippen LogP contribution in [0.5, 0.6) is 0 Å². The number of rotatable bonds is 2. The second-order valence-corrected chi connectivity index (χ2v) is 4.24. The number of nitrogens with one attached hydrogen (secondary N) is 1. The molecule has 0 aliphatic rings. The van der Waals surface area contributed by atoms with Crippen LogP contribution in [0, 0.1) is 5.95 Å². The van der Waals surface area contributed by atoms with Crippen LogP contribution in [-0.2, 0) is 0 Å². The Morgan fingerprint density at radius 2 is 2.06 bits per heavy atom. The minimum atomic E-state index is -0.578. The standard InChI is InChI=1S/C10H6BrClFN3/c11-7-3-6(1-2-8(7)12)16-10-4-9(13)14-5-15-10/h1-5H,(H,14,15,16). The van der Waals surface area contributed by atoms with E-state index < -0.39 is 5.95 Å². The molecule has 6 heteroatoms. The third-order valence-electron chi connectivity index (χ3n) is 1.83. The van der Waals surface area contributed by atoms with E-state index >= 15 is 0 Å². The van der Waals surface area contributed by atoms with E-state index in [9.17, 15) is 4.39 Å². The van der Waals surface area contributed by atoms with E-state index in [1.165, 1.54) is 6.07 Å². The van der Waals surface area contributed by atoms with Crippen molar-refractivity contribution >= 4 is 39.0 Å². The summed E-state index contributed by atoms with van der Waals surface area (Å²) in [5.74, 6) is -0.188. The van der Waals surface area contributed by atoms with Gasteiger partial charge in [-0.3, -0.25) is 0 Å². The van der Waals surface area contributed by atoms with Gasteiger partial charge in [-0.2, -0.15) is 4.39 Å². The van der Waals surface area contributed by atoms with Gasteiger partial charge in [0.1, 0.15) is 12.1 Å². The van der Waals surface area contributed by atoms with Gasteiger partial charge in [0.25, 0.3) is 0 Å². The van der Waals surface area contributed by atoms with Crippen molar-refractivity contribution in [1.29, 1.82) is 0 Å². The van der Waals surface area contributed by atoms with Gasteiger partial charge < -0.3 is 5.32 Å². The van der Waals surface area contributed by atoms with Crippen LogP contribution in [0.3, 0.4) is 0 Å². The Hall–Kier alpha value is -1.20. The minimum absolute atomic E-state index is 0.390. The molecule has 0 aliphatic carbocycles. The number of nitrogens with zero attached hydrogens (tertiary/aromatic N) is 2. The lowest BCUT2D eigenvalue weighted by Gasteiger charge is -2.06. The molecule has 0 radical (unpaired) electrons. The van der Waals surface area contributed by atoms with Gasteiger partial charge >= 0.3 is 0 Å². The zero-order valence-corrected chi connectivity index (χ0v) is 10.3. The quantitative estimate of drug-likeness (QED) is 0.858. The van der Waals surface area contributed by atoms with Crippen molar-refractivity contribution < 1.29 is 4.39 Å². The number of hydrogen-bond acceptors (Lipinski definition) is 3. The second-order valence-electron chi connectivity index (χ2n) is 2.98. The maximum Gasteiger partial charge on any atom is 0.218 e. The summed E-state index contributed by atoms with van der Waals surface area (Å²) in [6, 6.07) is 6.49. The van der Waals surface area contributed by atoms with Gasteiger partial charge in [-0.05, 0) is 34.1 Å². The molecule has 0 saturated carbocycles. The highest BCUT2D eigenvalue weighted by atomic mass is 79.9. The average Bonchev–Trinajstić information content (AvgIpc) is 2.24. The van der Waals surface area contributed by atoms with Crippen LogP contribution in [0.2, 0.25) is 5.02 Å². The lowest BCUT2D eigenvalue weighted by Crippen LogP contribution is -1.95. The van der Waals surface area contributed by atoms with Gasteiger partial charge in [0.15, 0.2) is 0 Å². The van der Waals surface area contributed by atoms with Crippen molar-refractivity contribution in [3.63, 3.8) is 0 Å². The topological polar surface area (TPSA) is 37.8 Å². The van der Waals surface area contributed by atoms with Crippen LogP contribution in [0.25, 0.3) is 0 Å². The van der Waals surface area contributed by atoms with Gasteiger partial charge in [0.05, 0.1) is 5.02 Å². The van der Waals surface area contributed by atoms with Crippen LogP contribution in [0.1, 0.15) is 0 Å². The fourth-order valence-electron chi connectivity index (χ4n) is 1.12. The van der Waals surface area contributed by atoms with E-state index in [1.54, 1.807) is 18.2 Å². The lowest BCUT2D eigenvalue weighted by atomic mass is 10.3. The first-order valence-corrected chi connectivity index (χ1v) is 5.52. The van der Waals surface area contributed by atoms with E-state index in [1.807, 2.05) is 0 Å². The zero-order chi connectivity index (χ0) is 11.5. The molecular weight excluding hydrogens is 296 g/mol. The van der Waals surface area contributed by atoms with Crippen LogP contribution in [-0.4, -0.2) is 9.97 Å². The number of aromatic nitrogens is 2. The fourth-order valence-corrected chi connectivity index (χ4v) is 1.62. The number of hydrogen-bond donors (Lipinski definition) is 1. The number of benzene rings is 1. The molecule has 2 aromatic rings. The van der Waals surface area contributed by atoms with Crippen molar-refractivity contribution in [1.82, 2.24) is 9.97 Å². The van der Waals surface area contributed by atoms with Crippen LogP contribution in [0.4, 0.5) is 15.9 Å². The normalized spacial score (nSPS) is 10.2. The molecule has 2 rings (SSSR count). The number of anilines is 2. The van der Waals surface area contributed by atoms with Gasteiger partial charge in [0, 0.05) is 16.2 Å².